The molecule has 3 heterocycles. The predicted molar refractivity (Wildman–Crippen MR) is 82.2 cm³/mol. The second-order valence-electron chi connectivity index (χ2n) is 5.82. The Kier molecular flexibility index (Phi) is 3.12. The summed E-state index contributed by atoms with van der Waals surface area (Å²) >= 11 is 1.75. The Bertz CT molecular complexity index is 675. The lowest BCUT2D eigenvalue weighted by atomic mass is 10.1. The fourth-order valence-corrected chi connectivity index (χ4v) is 4.69. The minimum Gasteiger partial charge on any atom is -0.391 e. The van der Waals surface area contributed by atoms with Crippen molar-refractivity contribution in [3.05, 3.63) is 40.5 Å². The molecule has 0 spiro atoms. The maximum absolute atomic E-state index is 12.9. The molecule has 2 aromatic heterocycles. The van der Waals surface area contributed by atoms with Gasteiger partial charge in [0.2, 0.25) is 0 Å². The lowest BCUT2D eigenvalue weighted by Gasteiger charge is -2.17. The van der Waals surface area contributed by atoms with Crippen LogP contribution in [0.4, 0.5) is 0 Å². The lowest BCUT2D eigenvalue weighted by Crippen LogP contribution is -2.30. The highest BCUT2D eigenvalue weighted by molar-refractivity contribution is 7.15. The fraction of sp³-hybridized carbons (Fsp3) is 0.438. The zero-order valence-electron chi connectivity index (χ0n) is 11.8. The summed E-state index contributed by atoms with van der Waals surface area (Å²) in [6.45, 7) is 1.13. The number of thiophene rings is 1. The summed E-state index contributed by atoms with van der Waals surface area (Å²) in [5.41, 5.74) is 2.12. The van der Waals surface area contributed by atoms with E-state index in [1.54, 1.807) is 16.2 Å². The molecule has 1 fully saturated rings. The second-order valence-corrected chi connectivity index (χ2v) is 6.91. The number of aliphatic hydroxyl groups excluding tert-OH is 1. The Hall–Kier alpha value is -1.59. The molecule has 1 aliphatic heterocycles. The minimum absolute atomic E-state index is 0.0923. The van der Waals surface area contributed by atoms with E-state index in [-0.39, 0.29) is 12.0 Å². The molecule has 0 radical (unpaired) electrons. The van der Waals surface area contributed by atoms with Crippen molar-refractivity contribution in [2.24, 2.45) is 0 Å². The Morgan fingerprint density at radius 1 is 1.29 bits per heavy atom. The number of aromatic nitrogens is 1. The van der Waals surface area contributed by atoms with Crippen molar-refractivity contribution in [1.29, 1.82) is 0 Å². The topological polar surface area (TPSA) is 45.5 Å². The molecule has 1 aliphatic carbocycles. The lowest BCUT2D eigenvalue weighted by molar-refractivity contribution is 0.0764. The summed E-state index contributed by atoms with van der Waals surface area (Å²) in [5.74, 6) is 0.0923. The largest absolute Gasteiger partial charge is 0.391 e. The average molecular weight is 302 g/mol. The number of fused-ring (bicyclic) bond motifs is 1. The first-order chi connectivity index (χ1) is 10.2. The van der Waals surface area contributed by atoms with E-state index in [9.17, 15) is 9.90 Å². The van der Waals surface area contributed by atoms with E-state index in [1.165, 1.54) is 10.4 Å². The Morgan fingerprint density at radius 2 is 2.10 bits per heavy atom. The number of carbonyl (C=O) groups excluding carboxylic acids is 1. The second kappa shape index (κ2) is 5.00. The van der Waals surface area contributed by atoms with Crippen LogP contribution in [0.25, 0.3) is 5.00 Å². The van der Waals surface area contributed by atoms with Gasteiger partial charge in [0.15, 0.2) is 0 Å². The summed E-state index contributed by atoms with van der Waals surface area (Å²) < 4.78 is 2.04. The van der Waals surface area contributed by atoms with Gasteiger partial charge in [-0.1, -0.05) is 0 Å². The van der Waals surface area contributed by atoms with Gasteiger partial charge in [0.25, 0.3) is 5.91 Å². The van der Waals surface area contributed by atoms with E-state index >= 15 is 0 Å². The quantitative estimate of drug-likeness (QED) is 0.924. The highest BCUT2D eigenvalue weighted by Gasteiger charge is 2.32. The standard InChI is InChI=1S/C16H18N2O2S/c19-11-6-9-18(10-11)15(20)14-12-4-3-5-13(12)21-16(14)17-7-1-2-8-17/h1-2,7-8,11,19H,3-6,9-10H2/t11-/m1/s1. The van der Waals surface area contributed by atoms with Gasteiger partial charge in [-0.2, -0.15) is 0 Å². The van der Waals surface area contributed by atoms with Crippen LogP contribution >= 0.6 is 11.3 Å². The van der Waals surface area contributed by atoms with Gasteiger partial charge in [0.05, 0.1) is 11.7 Å². The number of hydrogen-bond donors (Lipinski definition) is 1. The number of rotatable bonds is 2. The molecule has 0 bridgehead atoms. The van der Waals surface area contributed by atoms with E-state index in [4.69, 9.17) is 0 Å². The number of carbonyl (C=O) groups is 1. The number of β-amino-alcohol motifs (C(OH)–C–C–N with tert-alkyl or cyclic N) is 1. The van der Waals surface area contributed by atoms with Crippen LogP contribution in [0.15, 0.2) is 24.5 Å². The third kappa shape index (κ3) is 2.12. The molecular formula is C16H18N2O2S. The Morgan fingerprint density at radius 3 is 2.81 bits per heavy atom. The summed E-state index contributed by atoms with van der Waals surface area (Å²) in [6, 6.07) is 3.97. The molecule has 2 aromatic rings. The first kappa shape index (κ1) is 13.1. The van der Waals surface area contributed by atoms with Crippen molar-refractivity contribution in [3.8, 4) is 5.00 Å². The summed E-state index contributed by atoms with van der Waals surface area (Å²) in [6.07, 6.45) is 7.56. The molecule has 0 aromatic carbocycles. The normalized spacial score (nSPS) is 21.0. The SMILES string of the molecule is O=C(c1c(-n2cccc2)sc2c1CCC2)N1CC[C@@H](O)C1. The van der Waals surface area contributed by atoms with E-state index in [0.717, 1.165) is 29.8 Å². The Labute approximate surface area is 127 Å². The van der Waals surface area contributed by atoms with Crippen molar-refractivity contribution in [1.82, 2.24) is 9.47 Å². The molecule has 4 nitrogen and oxygen atoms in total. The minimum atomic E-state index is -0.365. The third-order valence-corrected chi connectivity index (χ3v) is 5.71. The summed E-state index contributed by atoms with van der Waals surface area (Å²) in [4.78, 5) is 16.1. The van der Waals surface area contributed by atoms with Crippen molar-refractivity contribution in [3.63, 3.8) is 0 Å². The maximum Gasteiger partial charge on any atom is 0.257 e. The molecule has 0 saturated carbocycles. The number of likely N-dealkylation sites (tertiary alicyclic amines) is 1. The molecule has 1 atom stereocenters. The molecular weight excluding hydrogens is 284 g/mol. The number of hydrogen-bond acceptors (Lipinski definition) is 3. The molecule has 110 valence electrons. The molecule has 2 aliphatic rings. The number of aryl methyl sites for hydroxylation is 1. The van der Waals surface area contributed by atoms with Crippen LogP contribution in [-0.4, -0.2) is 39.7 Å². The molecule has 4 rings (SSSR count). The van der Waals surface area contributed by atoms with Crippen molar-refractivity contribution < 1.29 is 9.90 Å². The van der Waals surface area contributed by atoms with E-state index in [1.807, 2.05) is 29.1 Å². The number of nitrogens with zero attached hydrogens (tertiary/aromatic N) is 2. The predicted octanol–water partition coefficient (Wildman–Crippen LogP) is 2.23. The third-order valence-electron chi connectivity index (χ3n) is 4.41. The fourth-order valence-electron chi connectivity index (χ4n) is 3.35. The summed E-state index contributed by atoms with van der Waals surface area (Å²) in [7, 11) is 0. The summed E-state index contributed by atoms with van der Waals surface area (Å²) in [5, 5.41) is 10.7. The van der Waals surface area contributed by atoms with Gasteiger partial charge in [-0.25, -0.2) is 0 Å². The first-order valence-electron chi connectivity index (χ1n) is 7.49. The molecule has 1 saturated heterocycles. The molecule has 1 amide bonds. The van der Waals surface area contributed by atoms with Gasteiger partial charge < -0.3 is 14.6 Å². The number of amides is 1. The average Bonchev–Trinajstić information content (AvgIpc) is 3.21. The Balaban J connectivity index is 1.78. The van der Waals surface area contributed by atoms with Crippen LogP contribution < -0.4 is 0 Å². The number of aliphatic hydroxyl groups is 1. The highest BCUT2D eigenvalue weighted by Crippen LogP contribution is 2.38. The van der Waals surface area contributed by atoms with E-state index < -0.39 is 0 Å². The van der Waals surface area contributed by atoms with Gasteiger partial charge in [0.1, 0.15) is 5.00 Å². The van der Waals surface area contributed by atoms with Crippen LogP contribution in [0.2, 0.25) is 0 Å². The highest BCUT2D eigenvalue weighted by atomic mass is 32.1. The first-order valence-corrected chi connectivity index (χ1v) is 8.31. The van der Waals surface area contributed by atoms with E-state index in [2.05, 4.69) is 0 Å². The van der Waals surface area contributed by atoms with Gasteiger partial charge >= 0.3 is 0 Å². The van der Waals surface area contributed by atoms with Gasteiger partial charge in [-0.15, -0.1) is 11.3 Å². The van der Waals surface area contributed by atoms with Crippen LogP contribution in [0, 0.1) is 0 Å². The van der Waals surface area contributed by atoms with Crippen LogP contribution in [0.1, 0.15) is 33.6 Å². The van der Waals surface area contributed by atoms with Crippen LogP contribution in [0.5, 0.6) is 0 Å². The van der Waals surface area contributed by atoms with Gasteiger partial charge in [-0.3, -0.25) is 4.79 Å². The van der Waals surface area contributed by atoms with Gasteiger partial charge in [0, 0.05) is 30.4 Å². The molecule has 5 heteroatoms. The zero-order chi connectivity index (χ0) is 14.4. The molecule has 0 unspecified atom stereocenters. The zero-order valence-corrected chi connectivity index (χ0v) is 12.6. The van der Waals surface area contributed by atoms with Gasteiger partial charge in [-0.05, 0) is 43.4 Å². The van der Waals surface area contributed by atoms with Crippen LogP contribution in [-0.2, 0) is 12.8 Å². The van der Waals surface area contributed by atoms with Crippen molar-refractivity contribution in [2.45, 2.75) is 31.8 Å². The van der Waals surface area contributed by atoms with E-state index in [0.29, 0.717) is 19.5 Å². The maximum atomic E-state index is 12.9. The smallest absolute Gasteiger partial charge is 0.257 e. The molecule has 21 heavy (non-hydrogen) atoms. The van der Waals surface area contributed by atoms with Crippen LogP contribution in [0.3, 0.4) is 0 Å². The molecule has 1 N–H and O–H groups in total. The van der Waals surface area contributed by atoms with Crippen molar-refractivity contribution >= 4 is 17.2 Å². The van der Waals surface area contributed by atoms with Crippen molar-refractivity contribution in [2.75, 3.05) is 13.1 Å². The monoisotopic (exact) mass is 302 g/mol.